The van der Waals surface area contributed by atoms with Crippen LogP contribution in [0, 0.1) is 46.3 Å². The summed E-state index contributed by atoms with van der Waals surface area (Å²) in [6.07, 6.45) is -0.821. The number of hydrogen-bond donors (Lipinski definition) is 1. The molecular weight excluding hydrogens is 705 g/mol. The van der Waals surface area contributed by atoms with Crippen LogP contribution < -0.4 is 0 Å². The average molecular weight is 745 g/mol. The Morgan fingerprint density at radius 2 is 1.20 bits per heavy atom. The van der Waals surface area contributed by atoms with Crippen LogP contribution in [0.3, 0.4) is 0 Å². The minimum Gasteiger partial charge on any atom is -0.461 e. The summed E-state index contributed by atoms with van der Waals surface area (Å²) >= 11 is 0. The number of aliphatic hydroxyl groups is 1. The summed E-state index contributed by atoms with van der Waals surface area (Å²) in [6.45, 7) is 4.89. The molecule has 4 aliphatic rings. The van der Waals surface area contributed by atoms with E-state index >= 15 is 0 Å². The van der Waals surface area contributed by atoms with Crippen LogP contribution in [0.5, 0.6) is 0 Å². The van der Waals surface area contributed by atoms with E-state index in [0.717, 1.165) is 51.4 Å². The van der Waals surface area contributed by atoms with Crippen LogP contribution in [0.4, 0.5) is 65.9 Å². The number of alkyl halides is 15. The fourth-order valence-corrected chi connectivity index (χ4v) is 9.93. The van der Waals surface area contributed by atoms with Crippen molar-refractivity contribution in [1.29, 1.82) is 0 Å². The predicted octanol–water partition coefficient (Wildman–Crippen LogP) is 9.95. The summed E-state index contributed by atoms with van der Waals surface area (Å²) in [4.78, 5) is 11.8. The van der Waals surface area contributed by atoms with Gasteiger partial charge >= 0.3 is 47.7 Å². The number of aliphatic hydroxyl groups excluding tert-OH is 1. The molecule has 0 amide bonds. The minimum atomic E-state index is -8.46. The summed E-state index contributed by atoms with van der Waals surface area (Å²) < 4.78 is 206. The SMILES string of the molecule is C[C@H](CCOC(=O)C(F)(F)C(F)(F)C(F)(F)C(F)(F)C(F)(F)C(F)(F)C(F)(F)F)[C@H]1CC[C@H]2[C@@H]3CC[C@@H]4C[C@H](O)CC[C@]4(C)[C@H]3CC[C@]12C. The lowest BCUT2D eigenvalue weighted by molar-refractivity contribution is -0.450. The third kappa shape index (κ3) is 5.72. The Bertz CT molecular complexity index is 1240. The zero-order valence-electron chi connectivity index (χ0n) is 26.8. The standard InChI is InChI=1S/C31H39F15O3/c1-15(19-6-7-20-18-5-4-16-14-17(47)8-11-23(16,2)21(18)9-12-24(19,20)3)10-13-49-22(48)25(32,33)26(34,35)27(36,37)28(38,39)29(40,41)30(42,43)31(44,45)46/h15-21,47H,4-14H2,1-3H3/t15-,16-,17-,18+,19-,20+,21+,23+,24-/m1/s1. The van der Waals surface area contributed by atoms with E-state index < -0.39 is 60.2 Å². The number of esters is 1. The molecule has 4 aliphatic carbocycles. The Hall–Kier alpha value is -1.62. The Kier molecular flexibility index (Phi) is 10.0. The maximum absolute atomic E-state index is 14.3. The molecule has 4 saturated carbocycles. The number of halogens is 15. The zero-order valence-corrected chi connectivity index (χ0v) is 26.8. The number of carbonyl (C=O) groups excluding carboxylic acids is 1. The largest absolute Gasteiger partial charge is 0.461 e. The number of rotatable bonds is 10. The van der Waals surface area contributed by atoms with Gasteiger partial charge in [-0.15, -0.1) is 0 Å². The highest BCUT2D eigenvalue weighted by Crippen LogP contribution is 2.68. The maximum Gasteiger partial charge on any atom is 0.460 e. The summed E-state index contributed by atoms with van der Waals surface area (Å²) in [5, 5.41) is 10.2. The lowest BCUT2D eigenvalue weighted by Gasteiger charge is -2.61. The molecular formula is C31H39F15O3. The molecule has 0 aliphatic heterocycles. The molecule has 0 aromatic carbocycles. The van der Waals surface area contributed by atoms with E-state index in [1.54, 1.807) is 6.92 Å². The Morgan fingerprint density at radius 3 is 1.78 bits per heavy atom. The average Bonchev–Trinajstić information content (AvgIpc) is 3.33. The van der Waals surface area contributed by atoms with Crippen molar-refractivity contribution < 1.29 is 80.5 Å². The van der Waals surface area contributed by atoms with Gasteiger partial charge in [-0.25, -0.2) is 4.79 Å². The van der Waals surface area contributed by atoms with Gasteiger partial charge in [-0.2, -0.15) is 65.9 Å². The van der Waals surface area contributed by atoms with Gasteiger partial charge in [0.15, 0.2) is 0 Å². The molecule has 0 aromatic rings. The molecule has 18 heteroatoms. The summed E-state index contributed by atoms with van der Waals surface area (Å²) in [7, 11) is 0. The third-order valence-electron chi connectivity index (χ3n) is 12.8. The summed E-state index contributed by atoms with van der Waals surface area (Å²) in [5.74, 6) is -50.8. The van der Waals surface area contributed by atoms with Gasteiger partial charge in [0.05, 0.1) is 12.7 Å². The lowest BCUT2D eigenvalue weighted by Crippen LogP contribution is -2.73. The van der Waals surface area contributed by atoms with Crippen LogP contribution in [0.25, 0.3) is 0 Å². The molecule has 0 bridgehead atoms. The number of fused-ring (bicyclic) bond motifs is 5. The van der Waals surface area contributed by atoms with Crippen LogP contribution in [0.1, 0.15) is 85.0 Å². The van der Waals surface area contributed by atoms with Crippen LogP contribution >= 0.6 is 0 Å². The summed E-state index contributed by atoms with van der Waals surface area (Å²) in [6, 6.07) is 0. The lowest BCUT2D eigenvalue weighted by atomic mass is 9.44. The second kappa shape index (κ2) is 12.2. The molecule has 0 aromatic heterocycles. The highest BCUT2D eigenvalue weighted by molar-refractivity contribution is 5.79. The predicted molar refractivity (Wildman–Crippen MR) is 142 cm³/mol. The van der Waals surface area contributed by atoms with E-state index in [2.05, 4.69) is 18.6 Å². The molecule has 1 N–H and O–H groups in total. The first-order valence-corrected chi connectivity index (χ1v) is 16.2. The molecule has 0 spiro atoms. The fraction of sp³-hybridized carbons (Fsp3) is 0.968. The second-order valence-electron chi connectivity index (χ2n) is 15.2. The van der Waals surface area contributed by atoms with Gasteiger partial charge < -0.3 is 9.84 Å². The van der Waals surface area contributed by atoms with E-state index in [1.165, 1.54) is 0 Å². The van der Waals surface area contributed by atoms with Crippen LogP contribution in [0.2, 0.25) is 0 Å². The highest BCUT2D eigenvalue weighted by atomic mass is 19.4. The first-order chi connectivity index (χ1) is 22.0. The molecule has 49 heavy (non-hydrogen) atoms. The van der Waals surface area contributed by atoms with E-state index in [-0.39, 0.29) is 35.2 Å². The summed E-state index contributed by atoms with van der Waals surface area (Å²) in [5.41, 5.74) is -0.180. The van der Waals surface area contributed by atoms with Gasteiger partial charge in [-0.1, -0.05) is 20.8 Å². The first-order valence-electron chi connectivity index (χ1n) is 16.2. The van der Waals surface area contributed by atoms with Crippen molar-refractivity contribution >= 4 is 5.97 Å². The van der Waals surface area contributed by atoms with Gasteiger partial charge in [0.2, 0.25) is 0 Å². The second-order valence-corrected chi connectivity index (χ2v) is 15.2. The van der Waals surface area contributed by atoms with Gasteiger partial charge in [0.25, 0.3) is 0 Å². The molecule has 0 heterocycles. The first kappa shape index (κ1) is 40.2. The van der Waals surface area contributed by atoms with Crippen LogP contribution in [-0.2, 0) is 9.53 Å². The fourth-order valence-electron chi connectivity index (χ4n) is 9.93. The zero-order chi connectivity index (χ0) is 37.6. The monoisotopic (exact) mass is 744 g/mol. The highest BCUT2D eigenvalue weighted by Gasteiger charge is 2.94. The molecule has 4 fully saturated rings. The molecule has 4 rings (SSSR count). The third-order valence-corrected chi connectivity index (χ3v) is 12.8. The van der Waals surface area contributed by atoms with Gasteiger partial charge in [0.1, 0.15) is 0 Å². The van der Waals surface area contributed by atoms with Crippen LogP contribution in [-0.4, -0.2) is 65.5 Å². The Labute approximate surface area is 272 Å². The van der Waals surface area contributed by atoms with E-state index in [4.69, 9.17) is 0 Å². The molecule has 0 radical (unpaired) electrons. The number of ether oxygens (including phenoxy) is 1. The Balaban J connectivity index is 1.42. The molecule has 3 nitrogen and oxygen atoms in total. The molecule has 9 atom stereocenters. The van der Waals surface area contributed by atoms with Crippen molar-refractivity contribution in [3.63, 3.8) is 0 Å². The topological polar surface area (TPSA) is 46.5 Å². The number of hydrogen-bond acceptors (Lipinski definition) is 3. The molecule has 286 valence electrons. The van der Waals surface area contributed by atoms with Crippen molar-refractivity contribution in [1.82, 2.24) is 0 Å². The van der Waals surface area contributed by atoms with Crippen LogP contribution in [0.15, 0.2) is 0 Å². The Morgan fingerprint density at radius 1 is 0.694 bits per heavy atom. The van der Waals surface area contributed by atoms with Gasteiger partial charge in [0, 0.05) is 0 Å². The molecule has 0 unspecified atom stereocenters. The van der Waals surface area contributed by atoms with E-state index in [9.17, 15) is 75.8 Å². The van der Waals surface area contributed by atoms with E-state index in [0.29, 0.717) is 24.2 Å². The van der Waals surface area contributed by atoms with Gasteiger partial charge in [-0.05, 0) is 111 Å². The number of carbonyl (C=O) groups is 1. The quantitative estimate of drug-likeness (QED) is 0.179. The van der Waals surface area contributed by atoms with Crippen molar-refractivity contribution in [3.8, 4) is 0 Å². The van der Waals surface area contributed by atoms with E-state index in [1.807, 2.05) is 0 Å². The van der Waals surface area contributed by atoms with Crippen molar-refractivity contribution in [2.45, 2.75) is 133 Å². The minimum absolute atomic E-state index is 0.0740. The molecule has 0 saturated heterocycles. The van der Waals surface area contributed by atoms with Crippen molar-refractivity contribution in [2.75, 3.05) is 6.61 Å². The van der Waals surface area contributed by atoms with Crippen molar-refractivity contribution in [2.24, 2.45) is 46.3 Å². The van der Waals surface area contributed by atoms with Crippen molar-refractivity contribution in [3.05, 3.63) is 0 Å². The smallest absolute Gasteiger partial charge is 0.460 e. The maximum atomic E-state index is 14.3. The normalized spacial score (nSPS) is 35.7. The van der Waals surface area contributed by atoms with Gasteiger partial charge in [-0.3, -0.25) is 0 Å².